The number of methoxy groups -OCH3 is 1. The van der Waals surface area contributed by atoms with Crippen molar-refractivity contribution < 1.29 is 4.74 Å². The molecule has 2 aromatic carbocycles. The Balaban J connectivity index is 1.60. The molecule has 4 aromatic rings. The molecule has 4 rings (SSSR count). The Kier molecular flexibility index (Phi) is 5.53. The number of thiocarbonyl (C=S) groups is 1. The summed E-state index contributed by atoms with van der Waals surface area (Å²) in [6.45, 7) is 0. The van der Waals surface area contributed by atoms with E-state index in [1.807, 2.05) is 30.3 Å². The molecule has 0 saturated heterocycles. The molecule has 0 aliphatic rings. The number of ether oxygens (including phenoxy) is 1. The van der Waals surface area contributed by atoms with Crippen LogP contribution in [-0.4, -0.2) is 27.2 Å². The third-order valence-electron chi connectivity index (χ3n) is 4.10. The molecule has 0 atom stereocenters. The number of halogens is 2. The predicted octanol–water partition coefficient (Wildman–Crippen LogP) is 5.75. The number of benzene rings is 2. The highest BCUT2D eigenvalue weighted by Crippen LogP contribution is 2.30. The van der Waals surface area contributed by atoms with Crippen LogP contribution in [0, 0.1) is 0 Å². The van der Waals surface area contributed by atoms with E-state index in [9.17, 15) is 0 Å². The minimum Gasteiger partial charge on any atom is -0.495 e. The molecule has 0 aliphatic carbocycles. The third kappa shape index (κ3) is 4.42. The maximum atomic E-state index is 6.04. The second-order valence-corrected chi connectivity index (χ2v) is 7.39. The third-order valence-corrected chi connectivity index (χ3v) is 4.74. The van der Waals surface area contributed by atoms with Gasteiger partial charge in [-0.2, -0.15) is 0 Å². The number of anilines is 2. The lowest BCUT2D eigenvalue weighted by Gasteiger charge is -2.14. The van der Waals surface area contributed by atoms with Gasteiger partial charge in [-0.15, -0.1) is 0 Å². The lowest BCUT2D eigenvalue weighted by Crippen LogP contribution is -2.19. The molecule has 6 nitrogen and oxygen atoms in total. The molecule has 0 saturated carbocycles. The van der Waals surface area contributed by atoms with Crippen molar-refractivity contribution in [3.05, 3.63) is 64.8 Å². The van der Waals surface area contributed by atoms with Crippen LogP contribution >= 0.6 is 35.4 Å². The van der Waals surface area contributed by atoms with Crippen LogP contribution in [0.4, 0.5) is 11.4 Å². The lowest BCUT2D eigenvalue weighted by molar-refractivity contribution is 0.417. The van der Waals surface area contributed by atoms with Gasteiger partial charge in [-0.1, -0.05) is 23.2 Å². The summed E-state index contributed by atoms with van der Waals surface area (Å²) in [7, 11) is 1.60. The Morgan fingerprint density at radius 3 is 2.59 bits per heavy atom. The molecule has 3 N–H and O–H groups in total. The largest absolute Gasteiger partial charge is 0.495 e. The van der Waals surface area contributed by atoms with Gasteiger partial charge in [0.2, 0.25) is 0 Å². The van der Waals surface area contributed by atoms with E-state index < -0.39 is 0 Å². The van der Waals surface area contributed by atoms with Crippen LogP contribution in [0.15, 0.2) is 54.7 Å². The standard InChI is InChI=1S/C20H15Cl2N5OS/c1-28-17-5-4-11(18-25-15-3-2-6-23-19(15)27-18)7-16(17)26-20(29)24-14-9-12(21)8-13(22)10-14/h2-10H,1H3,(H,23,25,27)(H2,24,26,29). The quantitative estimate of drug-likeness (QED) is 0.348. The first-order valence-electron chi connectivity index (χ1n) is 8.55. The van der Waals surface area contributed by atoms with E-state index in [1.165, 1.54) is 0 Å². The van der Waals surface area contributed by atoms with E-state index in [4.69, 9.17) is 40.2 Å². The van der Waals surface area contributed by atoms with Crippen molar-refractivity contribution >= 4 is 63.1 Å². The molecule has 2 aromatic heterocycles. The fourth-order valence-electron chi connectivity index (χ4n) is 2.84. The topological polar surface area (TPSA) is 74.9 Å². The monoisotopic (exact) mass is 443 g/mol. The summed E-state index contributed by atoms with van der Waals surface area (Å²) in [4.78, 5) is 12.1. The lowest BCUT2D eigenvalue weighted by atomic mass is 10.1. The highest BCUT2D eigenvalue weighted by Gasteiger charge is 2.11. The van der Waals surface area contributed by atoms with E-state index in [-0.39, 0.29) is 0 Å². The zero-order valence-electron chi connectivity index (χ0n) is 15.2. The van der Waals surface area contributed by atoms with E-state index >= 15 is 0 Å². The van der Waals surface area contributed by atoms with Crippen LogP contribution in [-0.2, 0) is 0 Å². The number of hydrogen-bond acceptors (Lipinski definition) is 4. The van der Waals surface area contributed by atoms with E-state index in [2.05, 4.69) is 25.6 Å². The summed E-state index contributed by atoms with van der Waals surface area (Å²) in [6, 6.07) is 14.5. The number of nitrogens with one attached hydrogen (secondary N) is 3. The number of imidazole rings is 1. The number of pyridine rings is 1. The van der Waals surface area contributed by atoms with Crippen molar-refractivity contribution in [2.24, 2.45) is 0 Å². The van der Waals surface area contributed by atoms with E-state index in [0.717, 1.165) is 16.7 Å². The number of aromatic amines is 1. The smallest absolute Gasteiger partial charge is 0.175 e. The van der Waals surface area contributed by atoms with Gasteiger partial charge in [-0.3, -0.25) is 0 Å². The van der Waals surface area contributed by atoms with Gasteiger partial charge in [0.05, 0.1) is 12.8 Å². The SMILES string of the molecule is COc1ccc(-c2nc3cccnc3[nH]2)cc1NC(=S)Nc1cc(Cl)cc(Cl)c1. The average molecular weight is 444 g/mol. The van der Waals surface area contributed by atoms with Crippen LogP contribution < -0.4 is 15.4 Å². The van der Waals surface area contributed by atoms with Crippen LogP contribution in [0.1, 0.15) is 0 Å². The van der Waals surface area contributed by atoms with Crippen molar-refractivity contribution in [1.82, 2.24) is 15.0 Å². The number of rotatable bonds is 4. The number of fused-ring (bicyclic) bond motifs is 1. The summed E-state index contributed by atoms with van der Waals surface area (Å²) in [5.74, 6) is 1.33. The van der Waals surface area contributed by atoms with E-state index in [0.29, 0.717) is 38.1 Å². The number of hydrogen-bond donors (Lipinski definition) is 3. The van der Waals surface area contributed by atoms with Crippen molar-refractivity contribution in [3.8, 4) is 17.1 Å². The Labute approximate surface area is 182 Å². The fraction of sp³-hybridized carbons (Fsp3) is 0.0500. The highest BCUT2D eigenvalue weighted by molar-refractivity contribution is 7.80. The van der Waals surface area contributed by atoms with Crippen molar-refractivity contribution in [1.29, 1.82) is 0 Å². The molecule has 29 heavy (non-hydrogen) atoms. The summed E-state index contributed by atoms with van der Waals surface area (Å²) in [6.07, 6.45) is 1.72. The summed E-state index contributed by atoms with van der Waals surface area (Å²) in [5, 5.41) is 7.61. The first kappa shape index (κ1) is 19.4. The molecule has 146 valence electrons. The second-order valence-electron chi connectivity index (χ2n) is 6.11. The normalized spacial score (nSPS) is 10.7. The number of aromatic nitrogens is 3. The molecule has 0 radical (unpaired) electrons. The summed E-state index contributed by atoms with van der Waals surface area (Å²) >= 11 is 17.5. The molecule has 2 heterocycles. The maximum absolute atomic E-state index is 6.04. The molecule has 0 unspecified atom stereocenters. The van der Waals surface area contributed by atoms with Gasteiger partial charge in [0.1, 0.15) is 17.1 Å². The zero-order valence-corrected chi connectivity index (χ0v) is 17.5. The van der Waals surface area contributed by atoms with Crippen LogP contribution in [0.25, 0.3) is 22.6 Å². The van der Waals surface area contributed by atoms with Crippen LogP contribution in [0.2, 0.25) is 10.0 Å². The van der Waals surface area contributed by atoms with Crippen molar-refractivity contribution in [2.45, 2.75) is 0 Å². The molecular formula is C20H15Cl2N5OS. The Bertz CT molecular complexity index is 1160. The molecule has 0 aliphatic heterocycles. The van der Waals surface area contributed by atoms with Gasteiger partial charge in [0.15, 0.2) is 10.8 Å². The van der Waals surface area contributed by atoms with Crippen molar-refractivity contribution in [3.63, 3.8) is 0 Å². The summed E-state index contributed by atoms with van der Waals surface area (Å²) in [5.41, 5.74) is 3.74. The Morgan fingerprint density at radius 1 is 1.07 bits per heavy atom. The second kappa shape index (κ2) is 8.24. The number of H-pyrrole nitrogens is 1. The predicted molar refractivity (Wildman–Crippen MR) is 122 cm³/mol. The minimum atomic E-state index is 0.366. The molecule has 0 amide bonds. The van der Waals surface area contributed by atoms with Gasteiger partial charge in [-0.05, 0) is 60.7 Å². The molecule has 0 spiro atoms. The van der Waals surface area contributed by atoms with Crippen molar-refractivity contribution in [2.75, 3.05) is 17.7 Å². The molecule has 0 bridgehead atoms. The molecule has 0 fully saturated rings. The molecule has 9 heteroatoms. The van der Waals surface area contributed by atoms with Gasteiger partial charge in [0.25, 0.3) is 0 Å². The van der Waals surface area contributed by atoms with Gasteiger partial charge < -0.3 is 20.4 Å². The minimum absolute atomic E-state index is 0.366. The first-order valence-corrected chi connectivity index (χ1v) is 9.71. The van der Waals surface area contributed by atoms with E-state index in [1.54, 1.807) is 31.5 Å². The van der Waals surface area contributed by atoms with Gasteiger partial charge in [0, 0.05) is 27.5 Å². The fourth-order valence-corrected chi connectivity index (χ4v) is 3.60. The van der Waals surface area contributed by atoms with Gasteiger partial charge >= 0.3 is 0 Å². The Hall–Kier alpha value is -2.87. The highest BCUT2D eigenvalue weighted by atomic mass is 35.5. The zero-order chi connectivity index (χ0) is 20.4. The van der Waals surface area contributed by atoms with Gasteiger partial charge in [-0.25, -0.2) is 9.97 Å². The Morgan fingerprint density at radius 2 is 1.86 bits per heavy atom. The first-order chi connectivity index (χ1) is 14.0. The summed E-state index contributed by atoms with van der Waals surface area (Å²) < 4.78 is 5.45. The van der Waals surface area contributed by atoms with Crippen LogP contribution in [0.3, 0.4) is 0 Å². The molecular weight excluding hydrogens is 429 g/mol. The van der Waals surface area contributed by atoms with Crippen LogP contribution in [0.5, 0.6) is 5.75 Å². The average Bonchev–Trinajstić information content (AvgIpc) is 3.11. The number of nitrogens with zero attached hydrogens (tertiary/aromatic N) is 2. The maximum Gasteiger partial charge on any atom is 0.175 e.